The number of thiophene rings is 1. The average Bonchev–Trinajstić information content (AvgIpc) is 2.94. The van der Waals surface area contributed by atoms with Crippen LogP contribution >= 0.6 is 23.6 Å². The maximum absolute atomic E-state index is 12.9. The zero-order valence-corrected chi connectivity index (χ0v) is 14.6. The van der Waals surface area contributed by atoms with Crippen molar-refractivity contribution in [2.45, 2.75) is 45.2 Å². The van der Waals surface area contributed by atoms with Crippen molar-refractivity contribution >= 4 is 33.8 Å². The number of likely N-dealkylation sites (N-methyl/N-ethyl adjacent to an activating group) is 1. The molecule has 0 bridgehead atoms. The van der Waals surface area contributed by atoms with Crippen LogP contribution in [-0.4, -0.2) is 34.1 Å². The third kappa shape index (κ3) is 2.39. The van der Waals surface area contributed by atoms with Gasteiger partial charge < -0.3 is 9.88 Å². The smallest absolute Gasteiger partial charge is 0.263 e. The molecule has 6 heteroatoms. The number of aromatic nitrogens is 2. The lowest BCUT2D eigenvalue weighted by molar-refractivity contribution is 0.167. The lowest BCUT2D eigenvalue weighted by Gasteiger charge is -2.33. The van der Waals surface area contributed by atoms with Gasteiger partial charge in [-0.2, -0.15) is 0 Å². The summed E-state index contributed by atoms with van der Waals surface area (Å²) in [7, 11) is 4.05. The van der Waals surface area contributed by atoms with E-state index in [0.717, 1.165) is 29.5 Å². The molecule has 3 rings (SSSR count). The van der Waals surface area contributed by atoms with Crippen LogP contribution in [0.3, 0.4) is 0 Å². The number of hydrogen-bond donors (Lipinski definition) is 1. The first kappa shape index (κ1) is 14.9. The Morgan fingerprint density at radius 2 is 2.10 bits per heavy atom. The zero-order valence-electron chi connectivity index (χ0n) is 12.9. The average molecular weight is 323 g/mol. The Labute approximate surface area is 133 Å². The first-order valence-corrected chi connectivity index (χ1v) is 8.48. The molecule has 0 spiro atoms. The fraction of sp³-hybridized carbons (Fsp3) is 0.600. The van der Waals surface area contributed by atoms with E-state index in [9.17, 15) is 4.79 Å². The van der Waals surface area contributed by atoms with E-state index in [1.54, 1.807) is 15.9 Å². The van der Waals surface area contributed by atoms with Crippen molar-refractivity contribution in [2.75, 3.05) is 14.1 Å². The standard InChI is InChI=1S/C15H21N3OS2/c1-15(2,17(3)4)8-18-13(19)11-9-6-5-7-10(9)21-12(11)16-14(18)20/h5-8H2,1-4H3,(H,16,20). The van der Waals surface area contributed by atoms with Gasteiger partial charge in [-0.15, -0.1) is 11.3 Å². The molecule has 4 nitrogen and oxygen atoms in total. The Morgan fingerprint density at radius 1 is 1.38 bits per heavy atom. The Balaban J connectivity index is 2.20. The molecule has 1 aliphatic rings. The molecule has 0 saturated heterocycles. The first-order valence-electron chi connectivity index (χ1n) is 7.26. The SMILES string of the molecule is CN(C)C(C)(C)Cn1c(=S)[nH]c2sc3c(c2c1=O)CCC3. The van der Waals surface area contributed by atoms with Crippen molar-refractivity contribution in [1.82, 2.24) is 14.5 Å². The van der Waals surface area contributed by atoms with Crippen LogP contribution < -0.4 is 5.56 Å². The van der Waals surface area contributed by atoms with Crippen LogP contribution in [0.15, 0.2) is 4.79 Å². The molecule has 0 fully saturated rings. The number of nitrogens with zero attached hydrogens (tertiary/aromatic N) is 2. The van der Waals surface area contributed by atoms with Crippen LogP contribution in [0.2, 0.25) is 0 Å². The summed E-state index contributed by atoms with van der Waals surface area (Å²) in [5.74, 6) is 0. The number of nitrogens with one attached hydrogen (secondary N) is 1. The van der Waals surface area contributed by atoms with Gasteiger partial charge in [0.2, 0.25) is 0 Å². The van der Waals surface area contributed by atoms with E-state index >= 15 is 0 Å². The van der Waals surface area contributed by atoms with Gasteiger partial charge in [0, 0.05) is 17.0 Å². The zero-order chi connectivity index (χ0) is 15.4. The van der Waals surface area contributed by atoms with Crippen LogP contribution in [0.1, 0.15) is 30.7 Å². The Bertz CT molecular complexity index is 811. The summed E-state index contributed by atoms with van der Waals surface area (Å²) >= 11 is 7.13. The summed E-state index contributed by atoms with van der Waals surface area (Å²) in [6, 6.07) is 0. The highest BCUT2D eigenvalue weighted by molar-refractivity contribution is 7.71. The van der Waals surface area contributed by atoms with Gasteiger partial charge >= 0.3 is 0 Å². The number of aryl methyl sites for hydroxylation is 2. The Morgan fingerprint density at radius 3 is 2.76 bits per heavy atom. The lowest BCUT2D eigenvalue weighted by atomic mass is 10.0. The van der Waals surface area contributed by atoms with Gasteiger partial charge in [0.1, 0.15) is 4.83 Å². The van der Waals surface area contributed by atoms with Crippen molar-refractivity contribution in [3.8, 4) is 0 Å². The molecule has 2 aromatic heterocycles. The van der Waals surface area contributed by atoms with E-state index in [0.29, 0.717) is 11.3 Å². The predicted octanol–water partition coefficient (Wildman–Crippen LogP) is 2.95. The van der Waals surface area contributed by atoms with E-state index in [1.807, 2.05) is 14.1 Å². The quantitative estimate of drug-likeness (QED) is 0.883. The summed E-state index contributed by atoms with van der Waals surface area (Å²) < 4.78 is 2.26. The molecule has 0 saturated carbocycles. The normalized spacial score (nSPS) is 15.1. The Hall–Kier alpha value is -0.980. The maximum atomic E-state index is 12.9. The predicted molar refractivity (Wildman–Crippen MR) is 91.1 cm³/mol. The summed E-state index contributed by atoms with van der Waals surface area (Å²) in [6.07, 6.45) is 3.28. The van der Waals surface area contributed by atoms with Crippen molar-refractivity contribution in [1.29, 1.82) is 0 Å². The molecule has 0 unspecified atom stereocenters. The monoisotopic (exact) mass is 323 g/mol. The fourth-order valence-electron chi connectivity index (χ4n) is 2.78. The van der Waals surface area contributed by atoms with Gasteiger partial charge in [0.15, 0.2) is 4.77 Å². The molecule has 2 aromatic rings. The summed E-state index contributed by atoms with van der Waals surface area (Å²) in [6.45, 7) is 4.83. The molecule has 1 N–H and O–H groups in total. The highest BCUT2D eigenvalue weighted by Crippen LogP contribution is 2.34. The van der Waals surface area contributed by atoms with Crippen LogP contribution in [0, 0.1) is 4.77 Å². The van der Waals surface area contributed by atoms with Crippen LogP contribution in [0.5, 0.6) is 0 Å². The second-order valence-corrected chi connectivity index (χ2v) is 8.08. The molecule has 0 atom stereocenters. The molecule has 21 heavy (non-hydrogen) atoms. The molecule has 114 valence electrons. The van der Waals surface area contributed by atoms with Crippen molar-refractivity contribution < 1.29 is 0 Å². The molecule has 2 heterocycles. The molecule has 0 radical (unpaired) electrons. The lowest BCUT2D eigenvalue weighted by Crippen LogP contribution is -2.44. The largest absolute Gasteiger partial charge is 0.323 e. The number of H-pyrrole nitrogens is 1. The van der Waals surface area contributed by atoms with Gasteiger partial charge in [-0.05, 0) is 65.0 Å². The topological polar surface area (TPSA) is 41.0 Å². The first-order chi connectivity index (χ1) is 9.81. The van der Waals surface area contributed by atoms with E-state index in [1.165, 1.54) is 10.4 Å². The molecule has 0 amide bonds. The number of fused-ring (bicyclic) bond motifs is 3. The van der Waals surface area contributed by atoms with Gasteiger partial charge in [-0.25, -0.2) is 0 Å². The van der Waals surface area contributed by atoms with E-state index in [4.69, 9.17) is 12.2 Å². The van der Waals surface area contributed by atoms with Crippen molar-refractivity contribution in [2.24, 2.45) is 0 Å². The summed E-state index contributed by atoms with van der Waals surface area (Å²) in [4.78, 5) is 20.6. The summed E-state index contributed by atoms with van der Waals surface area (Å²) in [5, 5.41) is 0.871. The molecular formula is C15H21N3OS2. The number of rotatable bonds is 3. The molecule has 1 aliphatic carbocycles. The highest BCUT2D eigenvalue weighted by atomic mass is 32.1. The van der Waals surface area contributed by atoms with Crippen molar-refractivity contribution in [3.63, 3.8) is 0 Å². The van der Waals surface area contributed by atoms with Crippen LogP contribution in [0.4, 0.5) is 0 Å². The maximum Gasteiger partial charge on any atom is 0.263 e. The van der Waals surface area contributed by atoms with Gasteiger partial charge in [0.25, 0.3) is 5.56 Å². The minimum absolute atomic E-state index is 0.0723. The number of hydrogen-bond acceptors (Lipinski definition) is 4. The van der Waals surface area contributed by atoms with Gasteiger partial charge in [-0.3, -0.25) is 9.36 Å². The minimum atomic E-state index is -0.127. The van der Waals surface area contributed by atoms with E-state index in [-0.39, 0.29) is 11.1 Å². The fourth-order valence-corrected chi connectivity index (χ4v) is 4.38. The van der Waals surface area contributed by atoms with E-state index in [2.05, 4.69) is 23.7 Å². The van der Waals surface area contributed by atoms with Crippen molar-refractivity contribution in [3.05, 3.63) is 25.6 Å². The number of aromatic amines is 1. The minimum Gasteiger partial charge on any atom is -0.323 e. The highest BCUT2D eigenvalue weighted by Gasteiger charge is 2.25. The van der Waals surface area contributed by atoms with Crippen LogP contribution in [0.25, 0.3) is 10.2 Å². The van der Waals surface area contributed by atoms with Crippen LogP contribution in [-0.2, 0) is 19.4 Å². The molecule has 0 aliphatic heterocycles. The third-order valence-corrected chi connectivity index (χ3v) is 6.13. The second-order valence-electron chi connectivity index (χ2n) is 6.59. The Kier molecular flexibility index (Phi) is 3.58. The second kappa shape index (κ2) is 5.04. The van der Waals surface area contributed by atoms with Gasteiger partial charge in [0.05, 0.1) is 5.39 Å². The molecular weight excluding hydrogens is 302 g/mol. The molecule has 0 aromatic carbocycles. The van der Waals surface area contributed by atoms with Gasteiger partial charge in [-0.1, -0.05) is 0 Å². The third-order valence-electron chi connectivity index (χ3n) is 4.60. The van der Waals surface area contributed by atoms with E-state index < -0.39 is 0 Å². The summed E-state index contributed by atoms with van der Waals surface area (Å²) in [5.41, 5.74) is 1.20.